The number of rotatable bonds is 1. The van der Waals surface area contributed by atoms with Gasteiger partial charge in [-0.15, -0.1) is 0 Å². The van der Waals surface area contributed by atoms with Gasteiger partial charge in [0, 0.05) is 18.0 Å². The lowest BCUT2D eigenvalue weighted by molar-refractivity contribution is -0.112. The molecule has 3 heteroatoms. The Labute approximate surface area is 77.9 Å². The van der Waals surface area contributed by atoms with Crippen LogP contribution in [0.25, 0.3) is 0 Å². The summed E-state index contributed by atoms with van der Waals surface area (Å²) in [5, 5.41) is 3.38. The summed E-state index contributed by atoms with van der Waals surface area (Å²) in [6.07, 6.45) is 2.44. The molecule has 2 fully saturated rings. The van der Waals surface area contributed by atoms with E-state index in [0.717, 1.165) is 12.7 Å². The molecule has 0 amide bonds. The highest BCUT2D eigenvalue weighted by molar-refractivity contribution is 5.56. The average Bonchev–Trinajstić information content (AvgIpc) is 2.40. The number of carbonyl (C=O) groups is 1. The molecule has 2 nitrogen and oxygen atoms in total. The van der Waals surface area contributed by atoms with Crippen LogP contribution in [-0.4, -0.2) is 24.5 Å². The van der Waals surface area contributed by atoms with Crippen LogP contribution in [0.2, 0.25) is 0 Å². The fraction of sp³-hybridized carbons (Fsp3) is 0.900. The van der Waals surface area contributed by atoms with Crippen molar-refractivity contribution in [3.63, 3.8) is 0 Å². The van der Waals surface area contributed by atoms with Gasteiger partial charge in [-0.2, -0.15) is 0 Å². The van der Waals surface area contributed by atoms with Gasteiger partial charge >= 0.3 is 0 Å². The van der Waals surface area contributed by atoms with E-state index in [4.69, 9.17) is 0 Å². The van der Waals surface area contributed by atoms with Crippen LogP contribution in [0.1, 0.15) is 26.2 Å². The van der Waals surface area contributed by atoms with Gasteiger partial charge in [0.2, 0.25) is 0 Å². The highest BCUT2D eigenvalue weighted by Crippen LogP contribution is 2.37. The minimum absolute atomic E-state index is 0.0311. The van der Waals surface area contributed by atoms with E-state index < -0.39 is 6.17 Å². The molecule has 0 radical (unpaired) electrons. The van der Waals surface area contributed by atoms with Crippen molar-refractivity contribution in [2.45, 2.75) is 44.4 Å². The van der Waals surface area contributed by atoms with Crippen molar-refractivity contribution in [1.29, 1.82) is 0 Å². The molecule has 1 heterocycles. The summed E-state index contributed by atoms with van der Waals surface area (Å²) in [5.74, 6) is 0.278. The van der Waals surface area contributed by atoms with Gasteiger partial charge in [-0.1, -0.05) is 0 Å². The Morgan fingerprint density at radius 1 is 1.46 bits per heavy atom. The topological polar surface area (TPSA) is 29.1 Å². The second-order valence-corrected chi connectivity index (χ2v) is 4.35. The van der Waals surface area contributed by atoms with Gasteiger partial charge in [0.1, 0.15) is 12.5 Å². The van der Waals surface area contributed by atoms with Crippen molar-refractivity contribution in [3.8, 4) is 0 Å². The van der Waals surface area contributed by atoms with Gasteiger partial charge in [-0.25, -0.2) is 4.39 Å². The molecule has 2 aliphatic rings. The van der Waals surface area contributed by atoms with Crippen molar-refractivity contribution < 1.29 is 9.18 Å². The lowest BCUT2D eigenvalue weighted by Gasteiger charge is -2.28. The molecule has 1 N–H and O–H groups in total. The van der Waals surface area contributed by atoms with Gasteiger partial charge in [0.15, 0.2) is 0 Å². The minimum Gasteiger partial charge on any atom is -0.310 e. The molecule has 74 valence electrons. The summed E-state index contributed by atoms with van der Waals surface area (Å²) in [6.45, 7) is 2.02. The summed E-state index contributed by atoms with van der Waals surface area (Å²) in [7, 11) is 0. The zero-order valence-corrected chi connectivity index (χ0v) is 7.87. The largest absolute Gasteiger partial charge is 0.310 e. The quantitative estimate of drug-likeness (QED) is 0.624. The standard InChI is InChI=1S/C10H16FNO/c1-6-9(5-13)8-4-7(11)2-3-10(8)12-6/h5-10,12H,2-4H2,1H3. The molecule has 1 saturated carbocycles. The Morgan fingerprint density at radius 2 is 2.23 bits per heavy atom. The third kappa shape index (κ3) is 1.50. The molecule has 0 aromatic heterocycles. The van der Waals surface area contributed by atoms with Gasteiger partial charge in [0.25, 0.3) is 0 Å². The van der Waals surface area contributed by atoms with Crippen molar-refractivity contribution in [2.75, 3.05) is 0 Å². The summed E-state index contributed by atoms with van der Waals surface area (Å²) in [4.78, 5) is 10.8. The van der Waals surface area contributed by atoms with E-state index in [-0.39, 0.29) is 17.9 Å². The van der Waals surface area contributed by atoms with E-state index in [0.29, 0.717) is 18.9 Å². The van der Waals surface area contributed by atoms with E-state index in [1.165, 1.54) is 0 Å². The van der Waals surface area contributed by atoms with Crippen LogP contribution >= 0.6 is 0 Å². The fourth-order valence-corrected chi connectivity index (χ4v) is 2.82. The van der Waals surface area contributed by atoms with Crippen LogP contribution in [-0.2, 0) is 4.79 Å². The normalized spacial score (nSPS) is 50.2. The number of fused-ring (bicyclic) bond motifs is 1. The minimum atomic E-state index is -0.684. The SMILES string of the molecule is CC1NC2CCC(F)CC2C1C=O. The first kappa shape index (κ1) is 9.13. The molecule has 1 aliphatic carbocycles. The molecular weight excluding hydrogens is 169 g/mol. The lowest BCUT2D eigenvalue weighted by Crippen LogP contribution is -2.35. The number of nitrogens with one attached hydrogen (secondary N) is 1. The Morgan fingerprint density at radius 3 is 2.92 bits per heavy atom. The molecule has 0 bridgehead atoms. The van der Waals surface area contributed by atoms with Crippen LogP contribution in [0.3, 0.4) is 0 Å². The first-order valence-corrected chi connectivity index (χ1v) is 5.07. The second kappa shape index (κ2) is 3.37. The Balaban J connectivity index is 2.10. The molecule has 1 aliphatic heterocycles. The number of carbonyl (C=O) groups excluding carboxylic acids is 1. The summed E-state index contributed by atoms with van der Waals surface area (Å²) >= 11 is 0. The molecule has 5 atom stereocenters. The highest BCUT2D eigenvalue weighted by atomic mass is 19.1. The van der Waals surface area contributed by atoms with E-state index in [2.05, 4.69) is 5.32 Å². The van der Waals surface area contributed by atoms with E-state index in [1.54, 1.807) is 0 Å². The number of hydrogen-bond acceptors (Lipinski definition) is 2. The maximum atomic E-state index is 13.1. The van der Waals surface area contributed by atoms with E-state index in [9.17, 15) is 9.18 Å². The molecule has 0 aromatic carbocycles. The Hall–Kier alpha value is -0.440. The first-order chi connectivity index (χ1) is 6.22. The molecule has 5 unspecified atom stereocenters. The number of halogens is 1. The Bertz CT molecular complexity index is 209. The van der Waals surface area contributed by atoms with Crippen LogP contribution in [0, 0.1) is 11.8 Å². The van der Waals surface area contributed by atoms with Gasteiger partial charge in [-0.05, 0) is 32.1 Å². The number of alkyl halides is 1. The predicted octanol–water partition coefficient (Wildman–Crippen LogP) is 1.30. The highest BCUT2D eigenvalue weighted by Gasteiger charge is 2.43. The van der Waals surface area contributed by atoms with E-state index >= 15 is 0 Å². The maximum absolute atomic E-state index is 13.1. The lowest BCUT2D eigenvalue weighted by atomic mass is 9.78. The number of hydrogen-bond donors (Lipinski definition) is 1. The number of aldehydes is 1. The summed E-state index contributed by atoms with van der Waals surface area (Å²) < 4.78 is 13.1. The third-order valence-corrected chi connectivity index (χ3v) is 3.54. The molecule has 2 rings (SSSR count). The van der Waals surface area contributed by atoms with Crippen LogP contribution in [0.4, 0.5) is 4.39 Å². The molecule has 0 aromatic rings. The molecule has 0 spiro atoms. The van der Waals surface area contributed by atoms with E-state index in [1.807, 2.05) is 6.92 Å². The van der Waals surface area contributed by atoms with Crippen molar-refractivity contribution >= 4 is 6.29 Å². The van der Waals surface area contributed by atoms with Crippen molar-refractivity contribution in [3.05, 3.63) is 0 Å². The fourth-order valence-electron chi connectivity index (χ4n) is 2.82. The predicted molar refractivity (Wildman–Crippen MR) is 48.2 cm³/mol. The molecular formula is C10H16FNO. The van der Waals surface area contributed by atoms with Gasteiger partial charge < -0.3 is 10.1 Å². The molecule has 1 saturated heterocycles. The van der Waals surface area contributed by atoms with Gasteiger partial charge in [0.05, 0.1) is 0 Å². The summed E-state index contributed by atoms with van der Waals surface area (Å²) in [5.41, 5.74) is 0. The smallest absolute Gasteiger partial charge is 0.124 e. The monoisotopic (exact) mass is 185 g/mol. The zero-order chi connectivity index (χ0) is 9.42. The van der Waals surface area contributed by atoms with Crippen LogP contribution in [0.5, 0.6) is 0 Å². The zero-order valence-electron chi connectivity index (χ0n) is 7.87. The third-order valence-electron chi connectivity index (χ3n) is 3.54. The van der Waals surface area contributed by atoms with Crippen molar-refractivity contribution in [1.82, 2.24) is 5.32 Å². The Kier molecular flexibility index (Phi) is 2.37. The second-order valence-electron chi connectivity index (χ2n) is 4.35. The van der Waals surface area contributed by atoms with Crippen LogP contribution in [0.15, 0.2) is 0 Å². The first-order valence-electron chi connectivity index (χ1n) is 5.07. The average molecular weight is 185 g/mol. The van der Waals surface area contributed by atoms with Gasteiger partial charge in [-0.3, -0.25) is 0 Å². The van der Waals surface area contributed by atoms with Crippen LogP contribution < -0.4 is 5.32 Å². The molecule has 13 heavy (non-hydrogen) atoms. The van der Waals surface area contributed by atoms with Crippen molar-refractivity contribution in [2.24, 2.45) is 11.8 Å². The summed E-state index contributed by atoms with van der Waals surface area (Å²) in [6, 6.07) is 0.620. The maximum Gasteiger partial charge on any atom is 0.124 e.